The number of hydrogen-bond donors (Lipinski definition) is 0. The molecule has 8 nitrogen and oxygen atoms in total. The van der Waals surface area contributed by atoms with Crippen LogP contribution in [-0.4, -0.2) is 51.1 Å². The molecule has 0 saturated heterocycles. The van der Waals surface area contributed by atoms with Gasteiger partial charge < -0.3 is 14.2 Å². The Balaban J connectivity index is 1.46. The normalized spacial score (nSPS) is 12.4. The number of pyridine rings is 1. The van der Waals surface area contributed by atoms with Crippen LogP contribution >= 0.6 is 11.8 Å². The minimum Gasteiger partial charge on any atom is -0.492 e. The number of benzene rings is 2. The summed E-state index contributed by atoms with van der Waals surface area (Å²) >= 11 is 1.32. The number of ketones is 1. The molecule has 9 heteroatoms. The predicted molar refractivity (Wildman–Crippen MR) is 128 cm³/mol. The van der Waals surface area contributed by atoms with E-state index in [1.54, 1.807) is 30.6 Å². The summed E-state index contributed by atoms with van der Waals surface area (Å²) in [6.07, 6.45) is 3.44. The molecule has 0 radical (unpaired) electrons. The Labute approximate surface area is 200 Å². The van der Waals surface area contributed by atoms with E-state index in [9.17, 15) is 4.79 Å². The van der Waals surface area contributed by atoms with Crippen molar-refractivity contribution in [3.05, 3.63) is 72.6 Å². The van der Waals surface area contributed by atoms with Gasteiger partial charge in [0.2, 0.25) is 0 Å². The summed E-state index contributed by atoms with van der Waals surface area (Å²) in [7, 11) is 0. The molecule has 2 aromatic heterocycles. The van der Waals surface area contributed by atoms with E-state index in [0.29, 0.717) is 53.6 Å². The van der Waals surface area contributed by atoms with Crippen molar-refractivity contribution >= 4 is 17.5 Å². The maximum atomic E-state index is 13.0. The van der Waals surface area contributed by atoms with E-state index in [-0.39, 0.29) is 11.5 Å². The zero-order chi connectivity index (χ0) is 23.3. The third-order valence-electron chi connectivity index (χ3n) is 5.16. The molecule has 1 aliphatic rings. The molecule has 5 rings (SSSR count). The van der Waals surface area contributed by atoms with Crippen molar-refractivity contribution in [2.24, 2.45) is 0 Å². The Kier molecular flexibility index (Phi) is 6.44. The third kappa shape index (κ3) is 4.47. The Morgan fingerprint density at radius 2 is 1.91 bits per heavy atom. The third-order valence-corrected chi connectivity index (χ3v) is 6.08. The van der Waals surface area contributed by atoms with Gasteiger partial charge in [-0.1, -0.05) is 23.9 Å². The van der Waals surface area contributed by atoms with Crippen LogP contribution in [0.15, 0.2) is 72.1 Å². The van der Waals surface area contributed by atoms with Crippen molar-refractivity contribution in [1.82, 2.24) is 19.7 Å². The number of hydrogen-bond acceptors (Lipinski definition) is 8. The number of aromatic nitrogens is 4. The van der Waals surface area contributed by atoms with Gasteiger partial charge in [0.1, 0.15) is 19.0 Å². The molecular weight excluding hydrogens is 452 g/mol. The Bertz CT molecular complexity index is 1310. The van der Waals surface area contributed by atoms with Crippen LogP contribution in [-0.2, 0) is 0 Å². The molecule has 172 valence electrons. The molecule has 0 bridgehead atoms. The number of thioether (sulfide) groups is 1. The van der Waals surface area contributed by atoms with Crippen molar-refractivity contribution < 1.29 is 19.0 Å². The molecule has 34 heavy (non-hydrogen) atoms. The smallest absolute Gasteiger partial charge is 0.196 e. The topological polar surface area (TPSA) is 88.4 Å². The van der Waals surface area contributed by atoms with E-state index in [1.165, 1.54) is 11.8 Å². The van der Waals surface area contributed by atoms with Crippen LogP contribution in [0.3, 0.4) is 0 Å². The summed E-state index contributed by atoms with van der Waals surface area (Å²) in [5.41, 5.74) is 2.17. The monoisotopic (exact) mass is 474 g/mol. The number of rotatable bonds is 8. The lowest BCUT2D eigenvalue weighted by Gasteiger charge is -2.18. The van der Waals surface area contributed by atoms with Gasteiger partial charge in [-0.25, -0.2) is 0 Å². The van der Waals surface area contributed by atoms with Crippen molar-refractivity contribution in [3.8, 4) is 34.3 Å². The van der Waals surface area contributed by atoms with Crippen LogP contribution in [0.4, 0.5) is 0 Å². The number of carbonyl (C=O) groups is 1. The Morgan fingerprint density at radius 1 is 1.06 bits per heavy atom. The molecule has 0 aliphatic carbocycles. The minimum atomic E-state index is -0.0439. The number of nitrogens with zero attached hydrogens (tertiary/aromatic N) is 4. The van der Waals surface area contributed by atoms with E-state index in [4.69, 9.17) is 14.2 Å². The van der Waals surface area contributed by atoms with E-state index in [2.05, 4.69) is 15.2 Å². The largest absolute Gasteiger partial charge is 0.492 e. The highest BCUT2D eigenvalue weighted by atomic mass is 32.2. The van der Waals surface area contributed by atoms with Crippen LogP contribution in [0.1, 0.15) is 17.3 Å². The number of ether oxygens (including phenoxy) is 3. The molecule has 0 N–H and O–H groups in total. The summed E-state index contributed by atoms with van der Waals surface area (Å²) < 4.78 is 18.9. The van der Waals surface area contributed by atoms with Gasteiger partial charge in [0.05, 0.1) is 18.0 Å². The first kappa shape index (κ1) is 22.0. The second-order valence-electron chi connectivity index (χ2n) is 7.35. The van der Waals surface area contributed by atoms with Gasteiger partial charge in [0.25, 0.3) is 0 Å². The van der Waals surface area contributed by atoms with Crippen LogP contribution < -0.4 is 14.2 Å². The second kappa shape index (κ2) is 9.96. The predicted octanol–water partition coefficient (Wildman–Crippen LogP) is 4.47. The highest BCUT2D eigenvalue weighted by Gasteiger charge is 2.21. The Hall–Kier alpha value is -3.85. The molecule has 1 aliphatic heterocycles. The molecule has 0 saturated carbocycles. The quantitative estimate of drug-likeness (QED) is 0.273. The van der Waals surface area contributed by atoms with Crippen LogP contribution in [0, 0.1) is 0 Å². The first-order chi connectivity index (χ1) is 16.7. The number of para-hydroxylation sites is 2. The zero-order valence-electron chi connectivity index (χ0n) is 18.5. The fourth-order valence-electron chi connectivity index (χ4n) is 3.61. The van der Waals surface area contributed by atoms with Gasteiger partial charge in [-0.05, 0) is 49.4 Å². The van der Waals surface area contributed by atoms with E-state index in [1.807, 2.05) is 47.9 Å². The van der Waals surface area contributed by atoms with Gasteiger partial charge in [0.15, 0.2) is 28.3 Å². The van der Waals surface area contributed by atoms with Crippen molar-refractivity contribution in [2.45, 2.75) is 12.1 Å². The van der Waals surface area contributed by atoms with Gasteiger partial charge in [-0.15, -0.1) is 10.2 Å². The number of Topliss-reactive ketones (excluding diaryl/α,β-unsaturated/α-hetero) is 1. The summed E-state index contributed by atoms with van der Waals surface area (Å²) in [5.74, 6) is 2.71. The Morgan fingerprint density at radius 3 is 2.74 bits per heavy atom. The van der Waals surface area contributed by atoms with E-state index in [0.717, 1.165) is 11.3 Å². The summed E-state index contributed by atoms with van der Waals surface area (Å²) in [6.45, 7) is 3.44. The van der Waals surface area contributed by atoms with Crippen molar-refractivity contribution in [3.63, 3.8) is 0 Å². The zero-order valence-corrected chi connectivity index (χ0v) is 19.3. The van der Waals surface area contributed by atoms with Crippen LogP contribution in [0.25, 0.3) is 17.1 Å². The fraction of sp³-hybridized carbons (Fsp3) is 0.200. The average Bonchev–Trinajstić information content (AvgIpc) is 3.32. The molecule has 0 atom stereocenters. The van der Waals surface area contributed by atoms with Crippen LogP contribution in [0.2, 0.25) is 0 Å². The van der Waals surface area contributed by atoms with Gasteiger partial charge in [-0.2, -0.15) is 0 Å². The summed E-state index contributed by atoms with van der Waals surface area (Å²) in [4.78, 5) is 17.2. The molecule has 4 aromatic rings. The molecule has 0 fully saturated rings. The SMILES string of the molecule is CCOc1ccccc1-n1c(SCC(=O)c2ccc3c(c2)OCCO3)nnc1-c1cccnc1. The summed E-state index contributed by atoms with van der Waals surface area (Å²) in [6, 6.07) is 16.7. The fourth-order valence-corrected chi connectivity index (χ4v) is 4.45. The van der Waals surface area contributed by atoms with Crippen molar-refractivity contribution in [2.75, 3.05) is 25.6 Å². The molecule has 0 unspecified atom stereocenters. The molecular formula is C25H22N4O4S. The van der Waals surface area contributed by atoms with Gasteiger partial charge in [-0.3, -0.25) is 14.3 Å². The molecule has 2 aromatic carbocycles. The lowest BCUT2D eigenvalue weighted by molar-refractivity contribution is 0.102. The second-order valence-corrected chi connectivity index (χ2v) is 8.30. The highest BCUT2D eigenvalue weighted by molar-refractivity contribution is 7.99. The summed E-state index contributed by atoms with van der Waals surface area (Å²) in [5, 5.41) is 9.40. The maximum absolute atomic E-state index is 13.0. The average molecular weight is 475 g/mol. The lowest BCUT2D eigenvalue weighted by Crippen LogP contribution is -2.16. The highest BCUT2D eigenvalue weighted by Crippen LogP contribution is 2.34. The first-order valence-electron chi connectivity index (χ1n) is 10.9. The first-order valence-corrected chi connectivity index (χ1v) is 11.9. The minimum absolute atomic E-state index is 0.0439. The van der Waals surface area contributed by atoms with E-state index < -0.39 is 0 Å². The molecule has 0 amide bonds. The van der Waals surface area contributed by atoms with Gasteiger partial charge >= 0.3 is 0 Å². The number of carbonyl (C=O) groups excluding carboxylic acids is 1. The molecule has 0 spiro atoms. The standard InChI is InChI=1S/C25H22N4O4S/c1-2-31-21-8-4-3-7-19(21)29-24(18-6-5-11-26-15-18)27-28-25(29)34-16-20(30)17-9-10-22-23(14-17)33-13-12-32-22/h3-11,14-15H,2,12-13,16H2,1H3. The molecule has 3 heterocycles. The van der Waals surface area contributed by atoms with E-state index >= 15 is 0 Å². The maximum Gasteiger partial charge on any atom is 0.196 e. The van der Waals surface area contributed by atoms with Gasteiger partial charge in [0, 0.05) is 23.5 Å². The lowest BCUT2D eigenvalue weighted by atomic mass is 10.1. The number of fused-ring (bicyclic) bond motifs is 1. The van der Waals surface area contributed by atoms with Crippen molar-refractivity contribution in [1.29, 1.82) is 0 Å². The van der Waals surface area contributed by atoms with Crippen LogP contribution in [0.5, 0.6) is 17.2 Å².